The van der Waals surface area contributed by atoms with E-state index in [9.17, 15) is 23.3 Å². The fraction of sp³-hybridized carbons (Fsp3) is 0.404. The number of piperazine rings is 1. The van der Waals surface area contributed by atoms with Gasteiger partial charge in [-0.15, -0.1) is 0 Å². The Bertz CT molecular complexity index is 2790. The van der Waals surface area contributed by atoms with Crippen molar-refractivity contribution in [3.63, 3.8) is 0 Å². The number of rotatable bonds is 12. The zero-order valence-electron chi connectivity index (χ0n) is 36.8. The van der Waals surface area contributed by atoms with E-state index in [0.717, 1.165) is 56.0 Å². The van der Waals surface area contributed by atoms with E-state index in [1.54, 1.807) is 18.3 Å². The topological polar surface area (TPSA) is 185 Å². The van der Waals surface area contributed by atoms with Crippen LogP contribution < -0.4 is 24.6 Å². The first-order valence-corrected chi connectivity index (χ1v) is 24.0. The molecule has 1 unspecified atom stereocenters. The number of fused-ring (bicyclic) bond motifs is 2. The van der Waals surface area contributed by atoms with Gasteiger partial charge in [-0.1, -0.05) is 43.2 Å². The fourth-order valence-electron chi connectivity index (χ4n) is 9.19. The number of aromatic nitrogens is 2. The summed E-state index contributed by atoms with van der Waals surface area (Å²) in [4.78, 5) is 39.3. The standard InChI is InChI=1S/C47H52ClFN8O8S/c1-47(2)12-10-32(38(26-47)30-4-6-33(48)7-5-30)28-54-15-17-55(18-16-54)34-8-9-37(40(23-34)56-14-3-19-65-46-42(56)22-31-11-13-50-44(31)52-46)45(58)53-66(61,62)36-24-39(49)43(41(25-36)57(59)60)51-27-35-29-63-20-21-64-35/h4-9,11,13,22-25,35,51H,3,10,12,14-21,26-29H2,1-2H3,(H,50,52)(H,53,58). The number of hydrogen-bond acceptors (Lipinski definition) is 13. The molecular formula is C47H52ClFN8O8S. The molecular weight excluding hydrogens is 891 g/mol. The molecule has 2 aromatic heterocycles. The number of H-pyrrole nitrogens is 1. The van der Waals surface area contributed by atoms with Crippen LogP contribution in [0.3, 0.4) is 0 Å². The Balaban J connectivity index is 0.996. The smallest absolute Gasteiger partial charge is 0.296 e. The summed E-state index contributed by atoms with van der Waals surface area (Å²) in [5.41, 5.74) is 5.39. The third-order valence-electron chi connectivity index (χ3n) is 12.8. The highest BCUT2D eigenvalue weighted by Gasteiger charge is 2.33. The third-order valence-corrected chi connectivity index (χ3v) is 14.3. The molecule has 4 aliphatic rings. The summed E-state index contributed by atoms with van der Waals surface area (Å²) in [6.45, 7) is 10.2. The normalized spacial score (nSPS) is 19.2. The van der Waals surface area contributed by atoms with Crippen molar-refractivity contribution in [3.05, 3.63) is 111 Å². The van der Waals surface area contributed by atoms with Gasteiger partial charge in [0.25, 0.3) is 21.6 Å². The number of halogens is 2. The van der Waals surface area contributed by atoms with Gasteiger partial charge in [0.2, 0.25) is 5.88 Å². The second-order valence-corrected chi connectivity index (χ2v) is 20.0. The maximum atomic E-state index is 15.6. The van der Waals surface area contributed by atoms with Crippen LogP contribution >= 0.6 is 11.6 Å². The fourth-order valence-corrected chi connectivity index (χ4v) is 10.3. The Kier molecular flexibility index (Phi) is 12.9. The SMILES string of the molecule is CC1(C)CCC(CN2CCN(c3ccc(C(=O)NS(=O)(=O)c4cc(F)c(NCC5COCCO5)c([N+](=O)[O-])c4)c(N4CCCOc5nc6[nH]ccc6cc54)c3)CC2)=C(c2ccc(Cl)cc2)C1. The van der Waals surface area contributed by atoms with Crippen molar-refractivity contribution in [2.45, 2.75) is 50.5 Å². The maximum Gasteiger partial charge on any atom is 0.296 e. The first-order valence-electron chi connectivity index (χ1n) is 22.2. The molecule has 0 radical (unpaired) electrons. The maximum absolute atomic E-state index is 15.6. The average molecular weight is 943 g/mol. The van der Waals surface area contributed by atoms with Crippen molar-refractivity contribution < 1.29 is 36.7 Å². The minimum Gasteiger partial charge on any atom is -0.476 e. The average Bonchev–Trinajstić information content (AvgIpc) is 3.66. The molecule has 3 aliphatic heterocycles. The quantitative estimate of drug-likeness (QED) is 0.0811. The van der Waals surface area contributed by atoms with Crippen molar-refractivity contribution in [1.29, 1.82) is 0 Å². The molecule has 19 heteroatoms. The lowest BCUT2D eigenvalue weighted by Gasteiger charge is -2.39. The van der Waals surface area contributed by atoms with Crippen LogP contribution in [-0.4, -0.2) is 112 Å². The molecule has 0 bridgehead atoms. The van der Waals surface area contributed by atoms with Gasteiger partial charge in [0, 0.05) is 74.2 Å². The number of hydrogen-bond donors (Lipinski definition) is 3. The molecule has 1 aliphatic carbocycles. The molecule has 66 heavy (non-hydrogen) atoms. The van der Waals surface area contributed by atoms with Crippen molar-refractivity contribution in [1.82, 2.24) is 19.6 Å². The molecule has 0 spiro atoms. The van der Waals surface area contributed by atoms with Gasteiger partial charge in [-0.05, 0) is 90.8 Å². The second kappa shape index (κ2) is 18.8. The number of amides is 1. The van der Waals surface area contributed by atoms with Gasteiger partial charge in [0.05, 0.1) is 53.6 Å². The number of allylic oxidation sites excluding steroid dienone is 1. The van der Waals surface area contributed by atoms with Crippen LogP contribution in [0, 0.1) is 21.3 Å². The minimum absolute atomic E-state index is 0.00725. The highest BCUT2D eigenvalue weighted by atomic mass is 35.5. The zero-order valence-corrected chi connectivity index (χ0v) is 38.4. The van der Waals surface area contributed by atoms with Crippen LogP contribution in [0.1, 0.15) is 55.5 Å². The van der Waals surface area contributed by atoms with E-state index in [4.69, 9.17) is 30.8 Å². The monoisotopic (exact) mass is 942 g/mol. The number of nitrogens with zero attached hydrogens (tertiary/aromatic N) is 5. The van der Waals surface area contributed by atoms with E-state index < -0.39 is 49.0 Å². The van der Waals surface area contributed by atoms with E-state index >= 15 is 4.39 Å². The lowest BCUT2D eigenvalue weighted by molar-refractivity contribution is -0.384. The van der Waals surface area contributed by atoms with Crippen molar-refractivity contribution in [3.8, 4) is 5.88 Å². The van der Waals surface area contributed by atoms with Gasteiger partial charge in [-0.2, -0.15) is 4.98 Å². The predicted molar refractivity (Wildman–Crippen MR) is 251 cm³/mol. The lowest BCUT2D eigenvalue weighted by atomic mass is 9.72. The Morgan fingerprint density at radius 1 is 1.02 bits per heavy atom. The number of aromatic amines is 1. The Labute approximate surface area is 387 Å². The van der Waals surface area contributed by atoms with Crippen LogP contribution in [0.15, 0.2) is 83.4 Å². The van der Waals surface area contributed by atoms with E-state index in [2.05, 4.69) is 50.8 Å². The Morgan fingerprint density at radius 2 is 1.82 bits per heavy atom. The van der Waals surface area contributed by atoms with Crippen molar-refractivity contribution in [2.24, 2.45) is 5.41 Å². The first-order chi connectivity index (χ1) is 31.7. The summed E-state index contributed by atoms with van der Waals surface area (Å²) in [6, 6.07) is 18.6. The molecule has 5 heterocycles. The molecule has 3 N–H and O–H groups in total. The molecule has 2 fully saturated rings. The van der Waals surface area contributed by atoms with Crippen LogP contribution in [0.5, 0.6) is 5.88 Å². The number of nitro benzene ring substituents is 1. The summed E-state index contributed by atoms with van der Waals surface area (Å²) >= 11 is 6.26. The Morgan fingerprint density at radius 3 is 2.58 bits per heavy atom. The zero-order chi connectivity index (χ0) is 46.2. The number of carbonyl (C=O) groups excluding carboxylic acids is 1. The number of ether oxygens (including phenoxy) is 3. The number of nitro groups is 1. The molecule has 1 amide bonds. The molecule has 16 nitrogen and oxygen atoms in total. The second-order valence-electron chi connectivity index (χ2n) is 17.9. The number of sulfonamides is 1. The highest BCUT2D eigenvalue weighted by molar-refractivity contribution is 7.90. The van der Waals surface area contributed by atoms with Gasteiger partial charge < -0.3 is 34.3 Å². The van der Waals surface area contributed by atoms with Gasteiger partial charge in [-0.3, -0.25) is 19.8 Å². The number of nitrogens with one attached hydrogen (secondary N) is 3. The van der Waals surface area contributed by atoms with Crippen LogP contribution in [0.25, 0.3) is 16.6 Å². The summed E-state index contributed by atoms with van der Waals surface area (Å²) in [6.07, 6.45) is 4.97. The summed E-state index contributed by atoms with van der Waals surface area (Å²) in [5, 5.41) is 16.3. The van der Waals surface area contributed by atoms with Gasteiger partial charge in [0.15, 0.2) is 5.82 Å². The first kappa shape index (κ1) is 45.4. The van der Waals surface area contributed by atoms with Crippen LogP contribution in [-0.2, 0) is 19.5 Å². The molecule has 0 saturated carbocycles. The van der Waals surface area contributed by atoms with E-state index in [0.29, 0.717) is 79.9 Å². The number of pyridine rings is 1. The molecule has 5 aromatic rings. The summed E-state index contributed by atoms with van der Waals surface area (Å²) in [7, 11) is -4.86. The third kappa shape index (κ3) is 9.83. The van der Waals surface area contributed by atoms with Gasteiger partial charge in [0.1, 0.15) is 17.0 Å². The number of carbonyl (C=O) groups is 1. The molecule has 348 valence electrons. The Hall–Kier alpha value is -5.79. The molecule has 3 aromatic carbocycles. The van der Waals surface area contributed by atoms with E-state index in [1.807, 2.05) is 35.2 Å². The summed E-state index contributed by atoms with van der Waals surface area (Å²) < 4.78 is 62.5. The van der Waals surface area contributed by atoms with Gasteiger partial charge in [-0.25, -0.2) is 17.5 Å². The van der Waals surface area contributed by atoms with Crippen LogP contribution in [0.4, 0.5) is 32.8 Å². The number of anilines is 4. The molecule has 1 atom stereocenters. The van der Waals surface area contributed by atoms with E-state index in [1.165, 1.54) is 16.7 Å². The van der Waals surface area contributed by atoms with Crippen LogP contribution in [0.2, 0.25) is 5.02 Å². The molecule has 2 saturated heterocycles. The largest absolute Gasteiger partial charge is 0.476 e. The van der Waals surface area contributed by atoms with Crippen molar-refractivity contribution in [2.75, 3.05) is 87.4 Å². The predicted octanol–water partition coefficient (Wildman–Crippen LogP) is 7.92. The van der Waals surface area contributed by atoms with Gasteiger partial charge >= 0.3 is 0 Å². The molecule has 9 rings (SSSR count). The lowest BCUT2D eigenvalue weighted by Crippen LogP contribution is -2.47. The highest BCUT2D eigenvalue weighted by Crippen LogP contribution is 2.44. The number of benzene rings is 3. The minimum atomic E-state index is -4.86. The summed E-state index contributed by atoms with van der Waals surface area (Å²) in [5.74, 6) is -1.85. The van der Waals surface area contributed by atoms with E-state index in [-0.39, 0.29) is 24.1 Å². The van der Waals surface area contributed by atoms with Crippen molar-refractivity contribution >= 4 is 72.6 Å².